The van der Waals surface area contributed by atoms with Crippen LogP contribution in [0.2, 0.25) is 0 Å². The first-order valence-electron chi connectivity index (χ1n) is 6.03. The summed E-state index contributed by atoms with van der Waals surface area (Å²) in [5.41, 5.74) is 1.79. The lowest BCUT2D eigenvalue weighted by atomic mass is 10.1. The molecule has 5 heteroatoms. The maximum atomic E-state index is 10.6. The number of carboxylic acid groups (broad SMARTS) is 1. The number of hydrogen-bond donors (Lipinski definition) is 1. The summed E-state index contributed by atoms with van der Waals surface area (Å²) in [7, 11) is 1.64. The van der Waals surface area contributed by atoms with Crippen LogP contribution in [0, 0.1) is 0 Å². The van der Waals surface area contributed by atoms with Crippen LogP contribution in [-0.2, 0) is 24.2 Å². The summed E-state index contributed by atoms with van der Waals surface area (Å²) in [6.07, 6.45) is 4.28. The minimum Gasteiger partial charge on any atom is -0.497 e. The number of imidazole rings is 1. The molecule has 0 saturated heterocycles. The van der Waals surface area contributed by atoms with E-state index in [9.17, 15) is 4.79 Å². The van der Waals surface area contributed by atoms with Gasteiger partial charge in [-0.05, 0) is 24.1 Å². The molecule has 0 spiro atoms. The quantitative estimate of drug-likeness (QED) is 0.859. The summed E-state index contributed by atoms with van der Waals surface area (Å²) in [5.74, 6) is -0.0180. The summed E-state index contributed by atoms with van der Waals surface area (Å²) in [6, 6.07) is 7.90. The maximum absolute atomic E-state index is 10.6. The highest BCUT2D eigenvalue weighted by atomic mass is 16.5. The molecule has 1 aromatic carbocycles. The van der Waals surface area contributed by atoms with E-state index in [1.807, 2.05) is 28.8 Å². The smallest absolute Gasteiger partial charge is 0.309 e. The number of carbonyl (C=O) groups is 1. The zero-order valence-electron chi connectivity index (χ0n) is 10.7. The van der Waals surface area contributed by atoms with Crippen molar-refractivity contribution in [2.24, 2.45) is 0 Å². The Labute approximate surface area is 111 Å². The molecule has 0 fully saturated rings. The van der Waals surface area contributed by atoms with E-state index in [2.05, 4.69) is 4.98 Å². The van der Waals surface area contributed by atoms with Gasteiger partial charge >= 0.3 is 5.97 Å². The minimum absolute atomic E-state index is 0.0322. The van der Waals surface area contributed by atoms with E-state index in [0.29, 0.717) is 5.69 Å². The fraction of sp³-hybridized carbons (Fsp3) is 0.286. The molecule has 0 aliphatic carbocycles. The molecule has 0 aliphatic rings. The summed E-state index contributed by atoms with van der Waals surface area (Å²) >= 11 is 0. The molecule has 0 amide bonds. The number of rotatable bonds is 6. The normalized spacial score (nSPS) is 10.4. The second kappa shape index (κ2) is 6.04. The van der Waals surface area contributed by atoms with Crippen molar-refractivity contribution < 1.29 is 14.6 Å². The van der Waals surface area contributed by atoms with Crippen LogP contribution in [0.4, 0.5) is 0 Å². The van der Waals surface area contributed by atoms with Gasteiger partial charge in [-0.1, -0.05) is 12.1 Å². The van der Waals surface area contributed by atoms with E-state index in [1.54, 1.807) is 19.6 Å². The zero-order valence-corrected chi connectivity index (χ0v) is 10.7. The average Bonchev–Trinajstić information content (AvgIpc) is 2.84. The second-order valence-electron chi connectivity index (χ2n) is 4.27. The Morgan fingerprint density at radius 3 is 2.74 bits per heavy atom. The lowest BCUT2D eigenvalue weighted by Crippen LogP contribution is -2.01. The van der Waals surface area contributed by atoms with Crippen molar-refractivity contribution in [2.45, 2.75) is 19.4 Å². The van der Waals surface area contributed by atoms with Crippen molar-refractivity contribution >= 4 is 5.97 Å². The molecular formula is C14H16N2O3. The summed E-state index contributed by atoms with van der Waals surface area (Å²) < 4.78 is 7.01. The molecule has 0 aliphatic heterocycles. The van der Waals surface area contributed by atoms with Crippen LogP contribution in [-0.4, -0.2) is 27.7 Å². The number of hydrogen-bond acceptors (Lipinski definition) is 3. The van der Waals surface area contributed by atoms with Crippen molar-refractivity contribution in [1.82, 2.24) is 9.55 Å². The van der Waals surface area contributed by atoms with Crippen LogP contribution in [0.15, 0.2) is 36.8 Å². The molecule has 0 radical (unpaired) electrons. The van der Waals surface area contributed by atoms with Gasteiger partial charge < -0.3 is 14.4 Å². The van der Waals surface area contributed by atoms with Crippen LogP contribution < -0.4 is 4.74 Å². The molecule has 5 nitrogen and oxygen atoms in total. The standard InChI is InChI=1S/C14H16N2O3/c1-19-13-4-2-11(3-5-13)6-7-16-9-12(15-10-16)8-14(17)18/h2-5,9-10H,6-8H2,1H3,(H,17,18). The molecule has 2 aromatic rings. The van der Waals surface area contributed by atoms with E-state index in [1.165, 1.54) is 5.56 Å². The lowest BCUT2D eigenvalue weighted by Gasteiger charge is -2.04. The van der Waals surface area contributed by atoms with Gasteiger partial charge in [-0.3, -0.25) is 4.79 Å². The number of aryl methyl sites for hydroxylation is 2. The maximum Gasteiger partial charge on any atom is 0.309 e. The Morgan fingerprint density at radius 2 is 2.11 bits per heavy atom. The largest absolute Gasteiger partial charge is 0.497 e. The molecule has 1 N–H and O–H groups in total. The van der Waals surface area contributed by atoms with Gasteiger partial charge in [-0.2, -0.15) is 0 Å². The third kappa shape index (κ3) is 3.84. The van der Waals surface area contributed by atoms with E-state index >= 15 is 0 Å². The van der Waals surface area contributed by atoms with E-state index in [4.69, 9.17) is 9.84 Å². The monoisotopic (exact) mass is 260 g/mol. The van der Waals surface area contributed by atoms with Crippen molar-refractivity contribution in [1.29, 1.82) is 0 Å². The molecule has 19 heavy (non-hydrogen) atoms. The first kappa shape index (κ1) is 13.1. The van der Waals surface area contributed by atoms with Crippen molar-refractivity contribution in [3.05, 3.63) is 48.0 Å². The molecule has 0 bridgehead atoms. The van der Waals surface area contributed by atoms with Crippen molar-refractivity contribution in [3.63, 3.8) is 0 Å². The Hall–Kier alpha value is -2.30. The third-order valence-corrected chi connectivity index (χ3v) is 2.84. The zero-order chi connectivity index (χ0) is 13.7. The van der Waals surface area contributed by atoms with Gasteiger partial charge in [0.25, 0.3) is 0 Å². The highest BCUT2D eigenvalue weighted by Crippen LogP contribution is 2.12. The fourth-order valence-corrected chi connectivity index (χ4v) is 1.83. The molecule has 0 saturated carbocycles. The first-order chi connectivity index (χ1) is 9.17. The van der Waals surface area contributed by atoms with Gasteiger partial charge in [0.2, 0.25) is 0 Å². The van der Waals surface area contributed by atoms with E-state index in [-0.39, 0.29) is 6.42 Å². The van der Waals surface area contributed by atoms with Crippen LogP contribution in [0.3, 0.4) is 0 Å². The van der Waals surface area contributed by atoms with E-state index < -0.39 is 5.97 Å². The Balaban J connectivity index is 1.90. The lowest BCUT2D eigenvalue weighted by molar-refractivity contribution is -0.136. The number of aliphatic carboxylic acids is 1. The SMILES string of the molecule is COc1ccc(CCn2cnc(CC(=O)O)c2)cc1. The fourth-order valence-electron chi connectivity index (χ4n) is 1.83. The average molecular weight is 260 g/mol. The molecule has 1 aromatic heterocycles. The number of nitrogens with zero attached hydrogens (tertiary/aromatic N) is 2. The Bertz CT molecular complexity index is 546. The summed E-state index contributed by atoms with van der Waals surface area (Å²) in [4.78, 5) is 14.6. The minimum atomic E-state index is -0.861. The Kier molecular flexibility index (Phi) is 4.18. The van der Waals surface area contributed by atoms with Gasteiger partial charge in [-0.15, -0.1) is 0 Å². The highest BCUT2D eigenvalue weighted by Gasteiger charge is 2.04. The summed E-state index contributed by atoms with van der Waals surface area (Å²) in [5, 5.41) is 8.67. The van der Waals surface area contributed by atoms with Gasteiger partial charge in [0.15, 0.2) is 0 Å². The predicted octanol–water partition coefficient (Wildman–Crippen LogP) is 1.76. The molecule has 2 rings (SSSR count). The molecule has 1 heterocycles. The van der Waals surface area contributed by atoms with Crippen LogP contribution in [0.25, 0.3) is 0 Å². The van der Waals surface area contributed by atoms with Gasteiger partial charge in [-0.25, -0.2) is 4.98 Å². The number of benzene rings is 1. The van der Waals surface area contributed by atoms with Gasteiger partial charge in [0.1, 0.15) is 5.75 Å². The number of carboxylic acids is 1. The predicted molar refractivity (Wildman–Crippen MR) is 70.3 cm³/mol. The third-order valence-electron chi connectivity index (χ3n) is 2.84. The number of aromatic nitrogens is 2. The van der Waals surface area contributed by atoms with Crippen LogP contribution in [0.5, 0.6) is 5.75 Å². The van der Waals surface area contributed by atoms with Gasteiger partial charge in [0.05, 0.1) is 25.6 Å². The molecule has 0 atom stereocenters. The van der Waals surface area contributed by atoms with Gasteiger partial charge in [0, 0.05) is 12.7 Å². The number of methoxy groups -OCH3 is 1. The molecule has 100 valence electrons. The number of ether oxygens (including phenoxy) is 1. The van der Waals surface area contributed by atoms with Crippen LogP contribution >= 0.6 is 0 Å². The van der Waals surface area contributed by atoms with Crippen molar-refractivity contribution in [3.8, 4) is 5.75 Å². The first-order valence-corrected chi connectivity index (χ1v) is 6.03. The second-order valence-corrected chi connectivity index (χ2v) is 4.27. The topological polar surface area (TPSA) is 64.4 Å². The molecular weight excluding hydrogens is 244 g/mol. The summed E-state index contributed by atoms with van der Waals surface area (Å²) in [6.45, 7) is 0.777. The highest BCUT2D eigenvalue weighted by molar-refractivity contribution is 5.69. The van der Waals surface area contributed by atoms with Crippen molar-refractivity contribution in [2.75, 3.05) is 7.11 Å². The molecule has 0 unspecified atom stereocenters. The Morgan fingerprint density at radius 1 is 1.37 bits per heavy atom. The van der Waals surface area contributed by atoms with Crippen LogP contribution in [0.1, 0.15) is 11.3 Å². The van der Waals surface area contributed by atoms with E-state index in [0.717, 1.165) is 18.7 Å².